The minimum absolute atomic E-state index is 0.134. The number of urea groups is 1. The van der Waals surface area contributed by atoms with Crippen LogP contribution in [-0.4, -0.2) is 80.8 Å². The van der Waals surface area contributed by atoms with Gasteiger partial charge in [-0.05, 0) is 29.6 Å². The van der Waals surface area contributed by atoms with Crippen LogP contribution < -0.4 is 0 Å². The highest BCUT2D eigenvalue weighted by molar-refractivity contribution is 8.14. The van der Waals surface area contributed by atoms with E-state index in [9.17, 15) is 14.4 Å². The molecule has 2 rings (SSSR count). The third kappa shape index (κ3) is 3.39. The van der Waals surface area contributed by atoms with Gasteiger partial charge in [0.25, 0.3) is 17.8 Å². The van der Waals surface area contributed by atoms with Crippen LogP contribution in [0.3, 0.4) is 0 Å². The summed E-state index contributed by atoms with van der Waals surface area (Å²) in [6, 6.07) is -1.07. The quantitative estimate of drug-likeness (QED) is 0.566. The number of carboxylic acid groups (broad SMARTS) is 1. The average Bonchev–Trinajstić information content (AvgIpc) is 2.88. The lowest BCUT2D eigenvalue weighted by atomic mass is 10.1. The van der Waals surface area contributed by atoms with Crippen molar-refractivity contribution < 1.29 is 24.1 Å². The summed E-state index contributed by atoms with van der Waals surface area (Å²) in [5.41, 5.74) is 0. The first-order valence-electron chi connectivity index (χ1n) is 7.50. The van der Waals surface area contributed by atoms with Gasteiger partial charge >= 0.3 is 17.2 Å². The molecule has 0 aromatic rings. The third-order valence-electron chi connectivity index (χ3n) is 3.82. The van der Waals surface area contributed by atoms with Crippen LogP contribution in [-0.2, 0) is 9.59 Å². The van der Waals surface area contributed by atoms with Crippen molar-refractivity contribution in [1.29, 1.82) is 0 Å². The van der Waals surface area contributed by atoms with Crippen LogP contribution in [0.25, 0.3) is 0 Å². The fraction of sp³-hybridized carbons (Fsp3) is 0.643. The predicted octanol–water partition coefficient (Wildman–Crippen LogP) is 0.667. The van der Waals surface area contributed by atoms with Gasteiger partial charge in [0.2, 0.25) is 0 Å². The first-order valence-corrected chi connectivity index (χ1v) is 8.49. The van der Waals surface area contributed by atoms with E-state index in [0.29, 0.717) is 17.5 Å². The number of hydrogen-bond donors (Lipinski definition) is 1. The molecule has 2 aliphatic rings. The molecule has 1 unspecified atom stereocenters. The van der Waals surface area contributed by atoms with Gasteiger partial charge in [-0.15, -0.1) is 0 Å². The number of hydrogen-bond acceptors (Lipinski definition) is 5. The molecule has 1 saturated heterocycles. The number of imide groups is 1. The zero-order valence-electron chi connectivity index (χ0n) is 13.5. The highest BCUT2D eigenvalue weighted by Gasteiger charge is 2.52. The molecule has 9 heteroatoms. The van der Waals surface area contributed by atoms with Crippen molar-refractivity contribution in [2.75, 3.05) is 26.4 Å². The summed E-state index contributed by atoms with van der Waals surface area (Å²) in [6.45, 7) is 2.69. The molecular weight excluding hydrogens is 320 g/mol. The first-order chi connectivity index (χ1) is 10.9. The van der Waals surface area contributed by atoms with E-state index < -0.39 is 18.0 Å². The van der Waals surface area contributed by atoms with Crippen LogP contribution in [0.15, 0.2) is 4.99 Å². The molecule has 23 heavy (non-hydrogen) atoms. The molecule has 8 nitrogen and oxygen atoms in total. The summed E-state index contributed by atoms with van der Waals surface area (Å²) in [5.74, 6) is -1.03. The van der Waals surface area contributed by atoms with E-state index in [1.54, 1.807) is 7.05 Å². The van der Waals surface area contributed by atoms with E-state index in [1.807, 2.05) is 4.58 Å². The lowest BCUT2D eigenvalue weighted by Crippen LogP contribution is -2.61. The molecule has 1 N–H and O–H groups in total. The van der Waals surface area contributed by atoms with Crippen molar-refractivity contribution in [2.24, 2.45) is 4.99 Å². The average molecular weight is 341 g/mol. The number of aliphatic imine (C=N–C) groups is 1. The Morgan fingerprint density at radius 3 is 2.61 bits per heavy atom. The monoisotopic (exact) mass is 341 g/mol. The fourth-order valence-electron chi connectivity index (χ4n) is 2.57. The standard InChI is InChI=1S/C14H20N4O4S/c1-4-5-6-7-18-10-11(15-13(18)23-8-9(19)20)16(2)14(22)17(3)12(10)21/h10H,4-8H2,1-3H3/p+1. The molecule has 2 aliphatic heterocycles. The molecule has 3 amide bonds. The number of rotatable bonds is 6. The Labute approximate surface area is 138 Å². The molecule has 0 saturated carbocycles. The van der Waals surface area contributed by atoms with Crippen molar-refractivity contribution in [3.8, 4) is 0 Å². The van der Waals surface area contributed by atoms with Crippen LogP contribution in [0.5, 0.6) is 0 Å². The van der Waals surface area contributed by atoms with E-state index >= 15 is 0 Å². The number of likely N-dealkylation sites (N-methyl/N-ethyl adjacent to an activating group) is 2. The van der Waals surface area contributed by atoms with Gasteiger partial charge in [0.05, 0.1) is 6.54 Å². The molecular formula is C14H21N4O4S+. The van der Waals surface area contributed by atoms with Crippen molar-refractivity contribution in [3.63, 3.8) is 0 Å². The molecule has 0 aromatic carbocycles. The van der Waals surface area contributed by atoms with E-state index in [1.165, 1.54) is 11.9 Å². The fourth-order valence-corrected chi connectivity index (χ4v) is 3.35. The van der Waals surface area contributed by atoms with Crippen molar-refractivity contribution in [1.82, 2.24) is 9.80 Å². The molecule has 126 valence electrons. The molecule has 2 heterocycles. The van der Waals surface area contributed by atoms with Crippen LogP contribution in [0.4, 0.5) is 4.79 Å². The van der Waals surface area contributed by atoms with Gasteiger partial charge in [-0.25, -0.2) is 9.37 Å². The highest BCUT2D eigenvalue weighted by atomic mass is 32.2. The summed E-state index contributed by atoms with van der Waals surface area (Å²) >= 11 is 1.08. The SMILES string of the molecule is CCCCC[N+]1=C(SCC(=O)O)N=C2C1C(=O)N(C)C(=O)N2C. The van der Waals surface area contributed by atoms with Gasteiger partial charge < -0.3 is 5.11 Å². The number of amides is 3. The molecule has 1 atom stereocenters. The van der Waals surface area contributed by atoms with E-state index in [2.05, 4.69) is 11.9 Å². The smallest absolute Gasteiger partial charge is 0.358 e. The van der Waals surface area contributed by atoms with Crippen LogP contribution in [0.2, 0.25) is 0 Å². The lowest BCUT2D eigenvalue weighted by molar-refractivity contribution is -0.533. The number of carbonyl (C=O) groups is 3. The molecule has 0 aliphatic carbocycles. The number of carbonyl (C=O) groups excluding carboxylic acids is 2. The van der Waals surface area contributed by atoms with Crippen molar-refractivity contribution in [2.45, 2.75) is 32.2 Å². The first kappa shape index (κ1) is 17.5. The highest BCUT2D eigenvalue weighted by Crippen LogP contribution is 2.23. The Hall–Kier alpha value is -1.90. The molecule has 0 aromatic heterocycles. The predicted molar refractivity (Wildman–Crippen MR) is 86.9 cm³/mol. The third-order valence-corrected chi connectivity index (χ3v) is 4.80. The van der Waals surface area contributed by atoms with Crippen molar-refractivity contribution in [3.05, 3.63) is 0 Å². The molecule has 0 bridgehead atoms. The minimum Gasteiger partial charge on any atom is -0.481 e. The van der Waals surface area contributed by atoms with Gasteiger partial charge in [-0.2, -0.15) is 0 Å². The van der Waals surface area contributed by atoms with Gasteiger partial charge in [0, 0.05) is 14.1 Å². The van der Waals surface area contributed by atoms with Crippen molar-refractivity contribution >= 4 is 40.7 Å². The maximum Gasteiger partial charge on any atom is 0.358 e. The Balaban J connectivity index is 2.31. The second kappa shape index (κ2) is 7.12. The maximum absolute atomic E-state index is 12.5. The molecule has 0 radical (unpaired) electrons. The number of carboxylic acids is 1. The Bertz CT molecular complexity index is 602. The van der Waals surface area contributed by atoms with Gasteiger partial charge in [-0.1, -0.05) is 13.3 Å². The van der Waals surface area contributed by atoms with Crippen LogP contribution >= 0.6 is 11.8 Å². The zero-order chi connectivity index (χ0) is 17.1. The topological polar surface area (TPSA) is 93.3 Å². The van der Waals surface area contributed by atoms with Gasteiger partial charge in [0.1, 0.15) is 5.75 Å². The summed E-state index contributed by atoms with van der Waals surface area (Å²) in [6.07, 6.45) is 2.92. The number of nitrogens with zero attached hydrogens (tertiary/aromatic N) is 4. The molecule has 0 spiro atoms. The Morgan fingerprint density at radius 1 is 1.30 bits per heavy atom. The summed E-state index contributed by atoms with van der Waals surface area (Å²) in [7, 11) is 3.02. The van der Waals surface area contributed by atoms with Crippen LogP contribution in [0, 0.1) is 0 Å². The van der Waals surface area contributed by atoms with Gasteiger partial charge in [-0.3, -0.25) is 19.4 Å². The van der Waals surface area contributed by atoms with Crippen LogP contribution in [0.1, 0.15) is 26.2 Å². The van der Waals surface area contributed by atoms with E-state index in [0.717, 1.165) is 35.9 Å². The second-order valence-electron chi connectivity index (χ2n) is 5.48. The number of unbranched alkanes of at least 4 members (excludes halogenated alkanes) is 2. The molecule has 1 fully saturated rings. The Morgan fingerprint density at radius 2 is 2.00 bits per heavy atom. The number of thioether (sulfide) groups is 1. The summed E-state index contributed by atoms with van der Waals surface area (Å²) in [5, 5.41) is 9.37. The van der Waals surface area contributed by atoms with E-state index in [-0.39, 0.29) is 11.7 Å². The normalized spacial score (nSPS) is 21.0. The number of fused-ring (bicyclic) bond motifs is 1. The number of aliphatic carboxylic acids is 1. The lowest BCUT2D eigenvalue weighted by Gasteiger charge is -2.30. The maximum atomic E-state index is 12.5. The summed E-state index contributed by atoms with van der Waals surface area (Å²) < 4.78 is 1.82. The zero-order valence-corrected chi connectivity index (χ0v) is 14.3. The second-order valence-corrected chi connectivity index (χ2v) is 6.42. The largest absolute Gasteiger partial charge is 0.481 e. The van der Waals surface area contributed by atoms with E-state index in [4.69, 9.17) is 5.11 Å². The van der Waals surface area contributed by atoms with Gasteiger partial charge in [0.15, 0.2) is 0 Å². The summed E-state index contributed by atoms with van der Waals surface area (Å²) in [4.78, 5) is 42.2. The Kier molecular flexibility index (Phi) is 5.40. The number of amidine groups is 2. The minimum atomic E-state index is -0.945.